The Bertz CT molecular complexity index is 960. The van der Waals surface area contributed by atoms with Crippen molar-refractivity contribution < 1.29 is 19.3 Å². The van der Waals surface area contributed by atoms with Gasteiger partial charge in [0.15, 0.2) is 0 Å². The first-order chi connectivity index (χ1) is 13.5. The zero-order valence-corrected chi connectivity index (χ0v) is 16.2. The number of aromatic nitrogens is 1. The lowest BCUT2D eigenvalue weighted by Crippen LogP contribution is -2.30. The van der Waals surface area contributed by atoms with E-state index in [1.807, 2.05) is 16.8 Å². The molecule has 1 aliphatic carbocycles. The highest BCUT2D eigenvalue weighted by molar-refractivity contribution is 5.85. The van der Waals surface area contributed by atoms with Crippen molar-refractivity contribution in [3.05, 3.63) is 71.2 Å². The highest BCUT2D eigenvalue weighted by Gasteiger charge is 2.29. The third-order valence-corrected chi connectivity index (χ3v) is 5.63. The second kappa shape index (κ2) is 7.66. The van der Waals surface area contributed by atoms with E-state index in [9.17, 15) is 14.6 Å². The summed E-state index contributed by atoms with van der Waals surface area (Å²) in [4.78, 5) is 0. The maximum Gasteiger partial charge on any atom is 0.147 e. The number of fused-ring (bicyclic) bond motifs is 1. The van der Waals surface area contributed by atoms with Gasteiger partial charge in [-0.3, -0.25) is 0 Å². The minimum absolute atomic E-state index is 0.320. The molecule has 2 aromatic carbocycles. The summed E-state index contributed by atoms with van der Waals surface area (Å²) < 4.78 is 22.0. The average molecular weight is 383 g/mol. The first-order valence-electron chi connectivity index (χ1n) is 9.74. The van der Waals surface area contributed by atoms with E-state index in [1.165, 1.54) is 38.5 Å². The van der Waals surface area contributed by atoms with Crippen LogP contribution < -0.4 is 0 Å². The topological polar surface area (TPSA) is 54.6 Å². The highest BCUT2D eigenvalue weighted by Crippen LogP contribution is 2.40. The number of hydrogen-bond acceptors (Lipinski definition) is 3. The summed E-state index contributed by atoms with van der Waals surface area (Å²) in [7, 11) is 1.48. The second-order valence-corrected chi connectivity index (χ2v) is 7.75. The molecule has 1 aliphatic rings. The molecule has 3 atom stereocenters. The Kier molecular flexibility index (Phi) is 5.23. The van der Waals surface area contributed by atoms with Crippen molar-refractivity contribution in [1.29, 1.82) is 0 Å². The van der Waals surface area contributed by atoms with Gasteiger partial charge in [0, 0.05) is 30.8 Å². The van der Waals surface area contributed by atoms with E-state index in [-0.39, 0.29) is 5.82 Å². The van der Waals surface area contributed by atoms with Gasteiger partial charge in [-0.1, -0.05) is 36.4 Å². The molecule has 148 valence electrons. The summed E-state index contributed by atoms with van der Waals surface area (Å²) in [5.74, 6) is 0.384. The largest absolute Gasteiger partial charge is 0.391 e. The van der Waals surface area contributed by atoms with Crippen molar-refractivity contribution in [2.75, 3.05) is 7.11 Å². The molecule has 0 spiro atoms. The molecule has 5 heteroatoms. The zero-order chi connectivity index (χ0) is 19.8. The van der Waals surface area contributed by atoms with Gasteiger partial charge in [0.2, 0.25) is 0 Å². The molecule has 1 heterocycles. The van der Waals surface area contributed by atoms with Gasteiger partial charge in [-0.05, 0) is 42.9 Å². The Balaban J connectivity index is 1.73. The summed E-state index contributed by atoms with van der Waals surface area (Å²) in [5, 5.41) is 20.9. The lowest BCUT2D eigenvalue weighted by Gasteiger charge is -2.23. The number of methoxy groups -OCH3 is 1. The molecule has 2 N–H and O–H groups in total. The van der Waals surface area contributed by atoms with E-state index in [0.29, 0.717) is 28.9 Å². The minimum atomic E-state index is -1.11. The van der Waals surface area contributed by atoms with Crippen molar-refractivity contribution in [2.45, 2.75) is 50.5 Å². The van der Waals surface area contributed by atoms with Gasteiger partial charge in [-0.25, -0.2) is 4.39 Å². The van der Waals surface area contributed by atoms with Crippen LogP contribution in [0.5, 0.6) is 0 Å². The Labute approximate surface area is 164 Å². The number of ether oxygens (including phenoxy) is 1. The van der Waals surface area contributed by atoms with Crippen LogP contribution >= 0.6 is 0 Å². The third kappa shape index (κ3) is 3.58. The van der Waals surface area contributed by atoms with E-state index >= 15 is 0 Å². The molecule has 0 aliphatic heterocycles. The standard InChI is InChI=1S/C23H26FNO3/c1-14(26)22(27)23(28-2)19-13-25(21-18(19)4-3-5-20(21)24)12-15-6-8-16(9-7-15)17-10-11-17/h3-9,13-14,17,22-23,26-27H,10-12H2,1-2H3. The van der Waals surface area contributed by atoms with Crippen molar-refractivity contribution in [1.82, 2.24) is 4.57 Å². The number of nitrogens with zero attached hydrogens (tertiary/aromatic N) is 1. The molecule has 1 fully saturated rings. The van der Waals surface area contributed by atoms with E-state index < -0.39 is 18.3 Å². The summed E-state index contributed by atoms with van der Waals surface area (Å²) in [6, 6.07) is 13.4. The van der Waals surface area contributed by atoms with Gasteiger partial charge in [-0.15, -0.1) is 0 Å². The van der Waals surface area contributed by atoms with E-state index in [1.54, 1.807) is 6.07 Å². The summed E-state index contributed by atoms with van der Waals surface area (Å²) >= 11 is 0. The van der Waals surface area contributed by atoms with Crippen molar-refractivity contribution in [3.8, 4) is 0 Å². The van der Waals surface area contributed by atoms with Gasteiger partial charge in [0.05, 0.1) is 11.6 Å². The molecule has 4 nitrogen and oxygen atoms in total. The molecule has 28 heavy (non-hydrogen) atoms. The Morgan fingerprint density at radius 2 is 1.86 bits per heavy atom. The fraction of sp³-hybridized carbons (Fsp3) is 0.391. The monoisotopic (exact) mass is 383 g/mol. The van der Waals surface area contributed by atoms with Gasteiger partial charge in [-0.2, -0.15) is 0 Å². The average Bonchev–Trinajstić information content (AvgIpc) is 3.47. The van der Waals surface area contributed by atoms with Crippen molar-refractivity contribution >= 4 is 10.9 Å². The maximum atomic E-state index is 14.7. The number of benzene rings is 2. The first kappa shape index (κ1) is 19.1. The Morgan fingerprint density at radius 1 is 1.14 bits per heavy atom. The Morgan fingerprint density at radius 3 is 2.46 bits per heavy atom. The molecule has 3 unspecified atom stereocenters. The summed E-state index contributed by atoms with van der Waals surface area (Å²) in [5.41, 5.74) is 3.59. The third-order valence-electron chi connectivity index (χ3n) is 5.63. The van der Waals surface area contributed by atoms with Crippen LogP contribution in [0.3, 0.4) is 0 Å². The van der Waals surface area contributed by atoms with Gasteiger partial charge in [0.1, 0.15) is 18.0 Å². The summed E-state index contributed by atoms with van der Waals surface area (Å²) in [6.07, 6.45) is 1.53. The van der Waals surface area contributed by atoms with Gasteiger partial charge >= 0.3 is 0 Å². The molecule has 1 saturated carbocycles. The fourth-order valence-corrected chi connectivity index (χ4v) is 3.91. The molecule has 3 aromatic rings. The lowest BCUT2D eigenvalue weighted by molar-refractivity contribution is -0.0704. The van der Waals surface area contributed by atoms with Crippen LogP contribution in [-0.2, 0) is 11.3 Å². The van der Waals surface area contributed by atoms with Crippen LogP contribution in [-0.4, -0.2) is 34.1 Å². The highest BCUT2D eigenvalue weighted by atomic mass is 19.1. The first-order valence-corrected chi connectivity index (χ1v) is 9.74. The lowest BCUT2D eigenvalue weighted by atomic mass is 10.0. The Hall–Kier alpha value is -2.21. The number of aliphatic hydroxyl groups excluding tert-OH is 2. The fourth-order valence-electron chi connectivity index (χ4n) is 3.91. The van der Waals surface area contributed by atoms with Crippen LogP contribution in [0.25, 0.3) is 10.9 Å². The quantitative estimate of drug-likeness (QED) is 0.645. The smallest absolute Gasteiger partial charge is 0.147 e. The molecule has 0 radical (unpaired) electrons. The SMILES string of the molecule is COC(c1cn(Cc2ccc(C3CC3)cc2)c2c(F)cccc12)C(O)C(C)O. The molecule has 1 aromatic heterocycles. The van der Waals surface area contributed by atoms with Crippen LogP contribution in [0.1, 0.15) is 48.5 Å². The van der Waals surface area contributed by atoms with Crippen LogP contribution in [0.2, 0.25) is 0 Å². The molecule has 0 saturated heterocycles. The molecular weight excluding hydrogens is 357 g/mol. The number of para-hydroxylation sites is 1. The van der Waals surface area contributed by atoms with Crippen LogP contribution in [0.15, 0.2) is 48.7 Å². The zero-order valence-electron chi connectivity index (χ0n) is 16.2. The predicted octanol–water partition coefficient (Wildman–Crippen LogP) is 4.14. The van der Waals surface area contributed by atoms with E-state index in [0.717, 1.165) is 5.56 Å². The molecule has 0 amide bonds. The van der Waals surface area contributed by atoms with Crippen LogP contribution in [0.4, 0.5) is 4.39 Å². The summed E-state index contributed by atoms with van der Waals surface area (Å²) in [6.45, 7) is 2.03. The number of rotatable bonds is 7. The van der Waals surface area contributed by atoms with Gasteiger partial charge in [0.25, 0.3) is 0 Å². The minimum Gasteiger partial charge on any atom is -0.391 e. The molecule has 4 rings (SSSR count). The van der Waals surface area contributed by atoms with Gasteiger partial charge < -0.3 is 19.5 Å². The van der Waals surface area contributed by atoms with Crippen molar-refractivity contribution in [3.63, 3.8) is 0 Å². The normalized spacial score (nSPS) is 17.6. The van der Waals surface area contributed by atoms with E-state index in [4.69, 9.17) is 4.74 Å². The number of aliphatic hydroxyl groups is 2. The van der Waals surface area contributed by atoms with E-state index in [2.05, 4.69) is 24.3 Å². The maximum absolute atomic E-state index is 14.7. The van der Waals surface area contributed by atoms with Crippen molar-refractivity contribution in [2.24, 2.45) is 0 Å². The van der Waals surface area contributed by atoms with Crippen LogP contribution in [0, 0.1) is 5.82 Å². The number of hydrogen-bond donors (Lipinski definition) is 2. The molecule has 0 bridgehead atoms. The predicted molar refractivity (Wildman–Crippen MR) is 107 cm³/mol. The molecular formula is C23H26FNO3. The second-order valence-electron chi connectivity index (χ2n) is 7.75. The number of halogens is 1.